The molecule has 6 atom stereocenters. The molecule has 1 saturated carbocycles. The van der Waals surface area contributed by atoms with Gasteiger partial charge in [0.05, 0.1) is 0 Å². The van der Waals surface area contributed by atoms with Crippen LogP contribution in [0.4, 0.5) is 4.79 Å². The second kappa shape index (κ2) is 3.56. The fourth-order valence-electron chi connectivity index (χ4n) is 2.29. The molecule has 3 rings (SSSR count). The molecule has 9 heteroatoms. The third-order valence-corrected chi connectivity index (χ3v) is 3.11. The number of rotatable bonds is 0. The van der Waals surface area contributed by atoms with E-state index in [0.29, 0.717) is 0 Å². The summed E-state index contributed by atoms with van der Waals surface area (Å²) in [5.74, 6) is -2.52. The van der Waals surface area contributed by atoms with Gasteiger partial charge in [0.15, 0.2) is 24.4 Å². The normalized spacial score (nSPS) is 46.2. The summed E-state index contributed by atoms with van der Waals surface area (Å²) in [7, 11) is 0. The molecule has 0 aromatic heterocycles. The number of carbonyl (C=O) groups excluding carboxylic acids is 3. The van der Waals surface area contributed by atoms with Crippen LogP contribution < -0.4 is 0 Å². The average molecular weight is 260 g/mol. The van der Waals surface area contributed by atoms with Crippen LogP contribution in [0.1, 0.15) is 0 Å². The highest BCUT2D eigenvalue weighted by Crippen LogP contribution is 2.35. The van der Waals surface area contributed by atoms with Crippen molar-refractivity contribution >= 4 is 18.1 Å². The zero-order valence-electron chi connectivity index (χ0n) is 8.72. The van der Waals surface area contributed by atoms with Gasteiger partial charge < -0.3 is 29.2 Å². The number of hydrogen-bond acceptors (Lipinski definition) is 9. The van der Waals surface area contributed by atoms with Gasteiger partial charge in [0.1, 0.15) is 12.2 Å². The third-order valence-electron chi connectivity index (χ3n) is 3.11. The largest absolute Gasteiger partial charge is 0.509 e. The Morgan fingerprint density at radius 1 is 0.667 bits per heavy atom. The molecule has 18 heavy (non-hydrogen) atoms. The number of fused-ring (bicyclic) bond motifs is 4. The number of hydrogen-bond donors (Lipinski definition) is 2. The van der Waals surface area contributed by atoms with E-state index in [2.05, 4.69) is 14.2 Å². The summed E-state index contributed by atoms with van der Waals surface area (Å²) in [5, 5.41) is 19.6. The molecule has 3 aliphatic rings. The summed E-state index contributed by atoms with van der Waals surface area (Å²) < 4.78 is 18.7. The predicted octanol–water partition coefficient (Wildman–Crippen LogP) is -2.54. The second-order valence-corrected chi connectivity index (χ2v) is 4.14. The summed E-state index contributed by atoms with van der Waals surface area (Å²) in [6.07, 6.45) is -8.97. The van der Waals surface area contributed by atoms with Crippen LogP contribution in [0.3, 0.4) is 0 Å². The molecule has 98 valence electrons. The Bertz CT molecular complexity index is 430. The molecule has 3 fully saturated rings. The lowest BCUT2D eigenvalue weighted by atomic mass is 9.83. The Kier molecular flexibility index (Phi) is 2.22. The van der Waals surface area contributed by atoms with Crippen molar-refractivity contribution < 1.29 is 43.5 Å². The molecule has 0 aromatic rings. The van der Waals surface area contributed by atoms with Crippen LogP contribution in [0.5, 0.6) is 0 Å². The molecule has 2 heterocycles. The van der Waals surface area contributed by atoms with Gasteiger partial charge >= 0.3 is 18.1 Å². The van der Waals surface area contributed by atoms with Gasteiger partial charge in [-0.05, 0) is 0 Å². The maximum absolute atomic E-state index is 11.1. The minimum Gasteiger partial charge on any atom is -0.447 e. The number of ether oxygens (including phenoxy) is 4. The van der Waals surface area contributed by atoms with Crippen LogP contribution >= 0.6 is 0 Å². The smallest absolute Gasteiger partial charge is 0.447 e. The fraction of sp³-hybridized carbons (Fsp3) is 0.667. The second-order valence-electron chi connectivity index (χ2n) is 4.14. The average Bonchev–Trinajstić information content (AvgIpc) is 2.32. The number of carbonyl (C=O) groups is 3. The Balaban J connectivity index is 1.95. The topological polar surface area (TPSA) is 129 Å². The molecule has 2 bridgehead atoms. The van der Waals surface area contributed by atoms with Gasteiger partial charge in [-0.2, -0.15) is 0 Å². The van der Waals surface area contributed by atoms with E-state index in [0.717, 1.165) is 0 Å². The molecule has 2 saturated heterocycles. The van der Waals surface area contributed by atoms with Crippen molar-refractivity contribution in [2.24, 2.45) is 0 Å². The summed E-state index contributed by atoms with van der Waals surface area (Å²) in [4.78, 5) is 33.2. The van der Waals surface area contributed by atoms with Gasteiger partial charge in [0.2, 0.25) is 0 Å². The highest BCUT2D eigenvalue weighted by Gasteiger charge is 2.62. The van der Waals surface area contributed by atoms with E-state index >= 15 is 0 Å². The van der Waals surface area contributed by atoms with E-state index in [-0.39, 0.29) is 0 Å². The van der Waals surface area contributed by atoms with Crippen LogP contribution in [0, 0.1) is 0 Å². The lowest BCUT2D eigenvalue weighted by Gasteiger charge is -2.48. The SMILES string of the molecule is O=C1OC2C(O)C(O1)C1OC(=O)C(=O)OC1C2O. The van der Waals surface area contributed by atoms with Gasteiger partial charge in [-0.15, -0.1) is 0 Å². The molecule has 0 spiro atoms. The van der Waals surface area contributed by atoms with E-state index in [1.54, 1.807) is 0 Å². The molecular formula is C9H8O9. The summed E-state index contributed by atoms with van der Waals surface area (Å²) >= 11 is 0. The lowest BCUT2D eigenvalue weighted by molar-refractivity contribution is -0.279. The number of esters is 2. The maximum atomic E-state index is 11.1. The van der Waals surface area contributed by atoms with Crippen LogP contribution in [0.15, 0.2) is 0 Å². The Morgan fingerprint density at radius 3 is 1.72 bits per heavy atom. The molecule has 9 nitrogen and oxygen atoms in total. The first-order valence-electron chi connectivity index (χ1n) is 5.14. The summed E-state index contributed by atoms with van der Waals surface area (Å²) in [5.41, 5.74) is 0. The number of aliphatic hydroxyl groups is 2. The molecule has 6 unspecified atom stereocenters. The van der Waals surface area contributed by atoms with Crippen LogP contribution in [-0.2, 0) is 28.5 Å². The minimum absolute atomic E-state index is 1.10. The molecule has 2 N–H and O–H groups in total. The highest BCUT2D eigenvalue weighted by atomic mass is 16.8. The van der Waals surface area contributed by atoms with Crippen molar-refractivity contribution in [1.82, 2.24) is 0 Å². The first kappa shape index (κ1) is 11.2. The van der Waals surface area contributed by atoms with E-state index < -0.39 is 54.7 Å². The van der Waals surface area contributed by atoms with Crippen LogP contribution in [0.2, 0.25) is 0 Å². The summed E-state index contributed by atoms with van der Waals surface area (Å²) in [6.45, 7) is 0. The molecule has 2 aliphatic heterocycles. The van der Waals surface area contributed by atoms with Crippen LogP contribution in [0.25, 0.3) is 0 Å². The zero-order chi connectivity index (χ0) is 13.0. The molecule has 0 radical (unpaired) electrons. The number of aliphatic hydroxyl groups excluding tert-OH is 2. The summed E-state index contributed by atoms with van der Waals surface area (Å²) in [6, 6.07) is 0. The van der Waals surface area contributed by atoms with Crippen molar-refractivity contribution in [2.45, 2.75) is 36.6 Å². The van der Waals surface area contributed by atoms with Crippen molar-refractivity contribution in [2.75, 3.05) is 0 Å². The minimum atomic E-state index is -1.49. The van der Waals surface area contributed by atoms with Crippen molar-refractivity contribution in [3.8, 4) is 0 Å². The highest BCUT2D eigenvalue weighted by molar-refractivity contribution is 6.30. The molecule has 0 amide bonds. The Hall–Kier alpha value is -1.87. The van der Waals surface area contributed by atoms with Crippen molar-refractivity contribution in [1.29, 1.82) is 0 Å². The first-order valence-corrected chi connectivity index (χ1v) is 5.14. The van der Waals surface area contributed by atoms with E-state index in [1.165, 1.54) is 0 Å². The van der Waals surface area contributed by atoms with E-state index in [1.807, 2.05) is 0 Å². The molecular weight excluding hydrogens is 252 g/mol. The maximum Gasteiger partial charge on any atom is 0.509 e. The van der Waals surface area contributed by atoms with Gasteiger partial charge in [0, 0.05) is 0 Å². The van der Waals surface area contributed by atoms with E-state index in [4.69, 9.17) is 4.74 Å². The first-order chi connectivity index (χ1) is 8.49. The van der Waals surface area contributed by atoms with Gasteiger partial charge in [-0.25, -0.2) is 14.4 Å². The Morgan fingerprint density at radius 2 is 1.11 bits per heavy atom. The Labute approximate surface area is 99.2 Å². The van der Waals surface area contributed by atoms with Gasteiger partial charge in [0.25, 0.3) is 0 Å². The van der Waals surface area contributed by atoms with Gasteiger partial charge in [-0.3, -0.25) is 0 Å². The molecule has 1 aliphatic carbocycles. The van der Waals surface area contributed by atoms with E-state index in [9.17, 15) is 24.6 Å². The van der Waals surface area contributed by atoms with Crippen LogP contribution in [-0.4, -0.2) is 64.9 Å². The monoisotopic (exact) mass is 260 g/mol. The lowest BCUT2D eigenvalue weighted by Crippen LogP contribution is -2.71. The standard InChI is InChI=1S/C9H8O9/c10-1-3-2(11)5(18-9(14)17-3)6-4(1)15-7(12)8(13)16-6/h1-6,10-11H. The fourth-order valence-corrected chi connectivity index (χ4v) is 2.29. The van der Waals surface area contributed by atoms with Crippen molar-refractivity contribution in [3.05, 3.63) is 0 Å². The molecule has 0 aromatic carbocycles. The zero-order valence-corrected chi connectivity index (χ0v) is 8.72. The third kappa shape index (κ3) is 1.37. The van der Waals surface area contributed by atoms with Gasteiger partial charge in [-0.1, -0.05) is 0 Å². The predicted molar refractivity (Wildman–Crippen MR) is 46.9 cm³/mol. The van der Waals surface area contributed by atoms with Crippen molar-refractivity contribution in [3.63, 3.8) is 0 Å². The quantitative estimate of drug-likeness (QED) is 0.275.